The summed E-state index contributed by atoms with van der Waals surface area (Å²) in [5.74, 6) is 0.653. The summed E-state index contributed by atoms with van der Waals surface area (Å²) >= 11 is 0. The van der Waals surface area contributed by atoms with Crippen molar-refractivity contribution in [3.8, 4) is 0 Å². The molecule has 1 aliphatic heterocycles. The van der Waals surface area contributed by atoms with Crippen molar-refractivity contribution in [2.45, 2.75) is 26.7 Å². The van der Waals surface area contributed by atoms with Crippen molar-refractivity contribution in [1.29, 1.82) is 0 Å². The van der Waals surface area contributed by atoms with Crippen LogP contribution in [-0.2, 0) is 4.79 Å². The number of carbonyl (C=O) groups is 1. The van der Waals surface area contributed by atoms with Crippen LogP contribution in [0.3, 0.4) is 0 Å². The fraction of sp³-hybridized carbons (Fsp3) is 0.533. The van der Waals surface area contributed by atoms with Crippen LogP contribution in [0.4, 0.5) is 5.69 Å². The van der Waals surface area contributed by atoms with Gasteiger partial charge in [0.25, 0.3) is 0 Å². The van der Waals surface area contributed by atoms with E-state index in [1.54, 1.807) is 0 Å². The van der Waals surface area contributed by atoms with Crippen LogP contribution < -0.4 is 5.32 Å². The van der Waals surface area contributed by atoms with E-state index in [-0.39, 0.29) is 5.91 Å². The van der Waals surface area contributed by atoms with Crippen molar-refractivity contribution < 1.29 is 4.79 Å². The zero-order chi connectivity index (χ0) is 13.1. The summed E-state index contributed by atoms with van der Waals surface area (Å²) in [6.07, 6.45) is 1.77. The fourth-order valence-corrected chi connectivity index (χ4v) is 2.49. The van der Waals surface area contributed by atoms with Crippen molar-refractivity contribution in [2.75, 3.05) is 25.5 Å². The third-order valence-electron chi connectivity index (χ3n) is 3.75. The van der Waals surface area contributed by atoms with Crippen LogP contribution in [0.5, 0.6) is 0 Å². The van der Waals surface area contributed by atoms with E-state index in [4.69, 9.17) is 0 Å². The molecule has 3 heteroatoms. The Morgan fingerprint density at radius 3 is 2.78 bits per heavy atom. The van der Waals surface area contributed by atoms with E-state index in [9.17, 15) is 4.79 Å². The lowest BCUT2D eigenvalue weighted by atomic mass is 10.0. The highest BCUT2D eigenvalue weighted by Gasteiger charge is 2.21. The average Bonchev–Trinajstić information content (AvgIpc) is 2.69. The van der Waals surface area contributed by atoms with Crippen molar-refractivity contribution in [2.24, 2.45) is 5.92 Å². The van der Waals surface area contributed by atoms with Gasteiger partial charge in [0.05, 0.1) is 0 Å². The van der Waals surface area contributed by atoms with Gasteiger partial charge in [0.2, 0.25) is 5.91 Å². The largest absolute Gasteiger partial charge is 0.326 e. The minimum absolute atomic E-state index is 0.138. The Balaban J connectivity index is 1.89. The summed E-state index contributed by atoms with van der Waals surface area (Å²) in [7, 11) is 2.11. The number of nitrogens with one attached hydrogen (secondary N) is 1. The van der Waals surface area contributed by atoms with E-state index in [1.807, 2.05) is 18.2 Å². The fourth-order valence-electron chi connectivity index (χ4n) is 2.49. The molecule has 1 saturated heterocycles. The standard InChI is InChI=1S/C15H22N2O/c1-11-4-5-14(8-12(11)2)16-15(18)9-13-6-7-17(3)10-13/h4-5,8,13H,6-7,9-10H2,1-3H3,(H,16,18). The second kappa shape index (κ2) is 5.53. The van der Waals surface area contributed by atoms with Crippen molar-refractivity contribution in [3.05, 3.63) is 29.3 Å². The highest BCUT2D eigenvalue weighted by molar-refractivity contribution is 5.91. The molecule has 1 unspecified atom stereocenters. The van der Waals surface area contributed by atoms with Crippen LogP contribution in [0.15, 0.2) is 18.2 Å². The highest BCUT2D eigenvalue weighted by atomic mass is 16.1. The SMILES string of the molecule is Cc1ccc(NC(=O)CC2CCN(C)C2)cc1C. The summed E-state index contributed by atoms with van der Waals surface area (Å²) in [5, 5.41) is 2.99. The minimum atomic E-state index is 0.138. The van der Waals surface area contributed by atoms with E-state index in [1.165, 1.54) is 11.1 Å². The summed E-state index contributed by atoms with van der Waals surface area (Å²) in [6.45, 7) is 6.30. The van der Waals surface area contributed by atoms with E-state index in [2.05, 4.69) is 31.1 Å². The van der Waals surface area contributed by atoms with Gasteiger partial charge in [-0.15, -0.1) is 0 Å². The van der Waals surface area contributed by atoms with Crippen LogP contribution in [0.1, 0.15) is 24.0 Å². The lowest BCUT2D eigenvalue weighted by Gasteiger charge is -2.11. The van der Waals surface area contributed by atoms with Crippen molar-refractivity contribution >= 4 is 11.6 Å². The number of hydrogen-bond acceptors (Lipinski definition) is 2. The summed E-state index contributed by atoms with van der Waals surface area (Å²) in [6, 6.07) is 6.06. The first kappa shape index (κ1) is 13.1. The van der Waals surface area contributed by atoms with Crippen LogP contribution in [0.2, 0.25) is 0 Å². The van der Waals surface area contributed by atoms with Crippen LogP contribution in [-0.4, -0.2) is 30.9 Å². The van der Waals surface area contributed by atoms with Gasteiger partial charge in [-0.05, 0) is 63.0 Å². The number of carbonyl (C=O) groups excluding carboxylic acids is 1. The number of likely N-dealkylation sites (tertiary alicyclic amines) is 1. The molecule has 1 N–H and O–H groups in total. The average molecular weight is 246 g/mol. The maximum absolute atomic E-state index is 11.9. The van der Waals surface area contributed by atoms with E-state index in [0.29, 0.717) is 12.3 Å². The molecule has 3 nitrogen and oxygen atoms in total. The number of benzene rings is 1. The first-order chi connectivity index (χ1) is 8.54. The first-order valence-corrected chi connectivity index (χ1v) is 6.60. The number of aryl methyl sites for hydroxylation is 2. The van der Waals surface area contributed by atoms with Gasteiger partial charge < -0.3 is 10.2 Å². The van der Waals surface area contributed by atoms with Crippen LogP contribution in [0, 0.1) is 19.8 Å². The van der Waals surface area contributed by atoms with Crippen molar-refractivity contribution in [1.82, 2.24) is 4.90 Å². The van der Waals surface area contributed by atoms with Gasteiger partial charge in [0, 0.05) is 18.7 Å². The molecule has 1 aromatic rings. The topological polar surface area (TPSA) is 32.3 Å². The molecular formula is C15H22N2O. The molecule has 0 radical (unpaired) electrons. The molecule has 18 heavy (non-hydrogen) atoms. The Bertz CT molecular complexity index is 442. The molecule has 0 saturated carbocycles. The lowest BCUT2D eigenvalue weighted by molar-refractivity contribution is -0.117. The molecule has 0 aromatic heterocycles. The number of nitrogens with zero attached hydrogens (tertiary/aromatic N) is 1. The number of anilines is 1. The lowest BCUT2D eigenvalue weighted by Crippen LogP contribution is -2.19. The molecular weight excluding hydrogens is 224 g/mol. The first-order valence-electron chi connectivity index (χ1n) is 6.60. The third kappa shape index (κ3) is 3.33. The predicted octanol–water partition coefficient (Wildman–Crippen LogP) is 2.58. The van der Waals surface area contributed by atoms with Gasteiger partial charge >= 0.3 is 0 Å². The molecule has 1 atom stereocenters. The van der Waals surface area contributed by atoms with E-state index >= 15 is 0 Å². The van der Waals surface area contributed by atoms with Gasteiger partial charge in [0.15, 0.2) is 0 Å². The second-order valence-electron chi connectivity index (χ2n) is 5.47. The zero-order valence-corrected chi connectivity index (χ0v) is 11.5. The molecule has 1 aliphatic rings. The maximum atomic E-state index is 11.9. The monoisotopic (exact) mass is 246 g/mol. The van der Waals surface area contributed by atoms with Gasteiger partial charge in [-0.1, -0.05) is 6.07 Å². The van der Waals surface area contributed by atoms with Crippen LogP contribution >= 0.6 is 0 Å². The Kier molecular flexibility index (Phi) is 4.02. The molecule has 0 bridgehead atoms. The number of hydrogen-bond donors (Lipinski definition) is 1. The van der Waals surface area contributed by atoms with Gasteiger partial charge in [-0.3, -0.25) is 4.79 Å². The van der Waals surface area contributed by atoms with E-state index < -0.39 is 0 Å². The Morgan fingerprint density at radius 1 is 1.39 bits per heavy atom. The smallest absolute Gasteiger partial charge is 0.224 e. The zero-order valence-electron chi connectivity index (χ0n) is 11.5. The predicted molar refractivity (Wildman–Crippen MR) is 74.8 cm³/mol. The van der Waals surface area contributed by atoms with Crippen molar-refractivity contribution in [3.63, 3.8) is 0 Å². The molecule has 2 rings (SSSR count). The quantitative estimate of drug-likeness (QED) is 0.889. The molecule has 98 valence electrons. The van der Waals surface area contributed by atoms with E-state index in [0.717, 1.165) is 25.2 Å². The summed E-state index contributed by atoms with van der Waals surface area (Å²) < 4.78 is 0. The number of amides is 1. The third-order valence-corrected chi connectivity index (χ3v) is 3.75. The van der Waals surface area contributed by atoms with Crippen LogP contribution in [0.25, 0.3) is 0 Å². The minimum Gasteiger partial charge on any atom is -0.326 e. The number of rotatable bonds is 3. The molecule has 0 spiro atoms. The Labute approximate surface area is 109 Å². The van der Waals surface area contributed by atoms with Gasteiger partial charge in [-0.2, -0.15) is 0 Å². The van der Waals surface area contributed by atoms with Gasteiger partial charge in [-0.25, -0.2) is 0 Å². The molecule has 0 aliphatic carbocycles. The molecule has 1 fully saturated rings. The Hall–Kier alpha value is -1.35. The molecule has 1 amide bonds. The Morgan fingerprint density at radius 2 is 2.17 bits per heavy atom. The maximum Gasteiger partial charge on any atom is 0.224 e. The summed E-state index contributed by atoms with van der Waals surface area (Å²) in [4.78, 5) is 14.2. The summed E-state index contributed by atoms with van der Waals surface area (Å²) in [5.41, 5.74) is 3.38. The second-order valence-corrected chi connectivity index (χ2v) is 5.47. The highest BCUT2D eigenvalue weighted by Crippen LogP contribution is 2.19. The normalized spacial score (nSPS) is 20.1. The molecule has 1 heterocycles. The molecule has 1 aromatic carbocycles. The van der Waals surface area contributed by atoms with Gasteiger partial charge in [0.1, 0.15) is 0 Å².